The second kappa shape index (κ2) is 9.82. The fourth-order valence-electron chi connectivity index (χ4n) is 2.09. The minimum atomic E-state index is 0. The number of unbranched alkanes of at least 4 members (excludes halogenated alkanes) is 1. The molecule has 0 aliphatic heterocycles. The molecule has 0 amide bonds. The minimum absolute atomic E-state index is 0. The summed E-state index contributed by atoms with van der Waals surface area (Å²) in [6.07, 6.45) is 3.41. The van der Waals surface area contributed by atoms with Crippen LogP contribution in [-0.4, -0.2) is 12.4 Å². The standard InChI is InChI=1S/C17H28N2.ClH/c1-5-6-11-19-17(18)14(4)16-9-7-15(8-10-16)12-13(2)3;/h7-10,13-14H,5-6,11-12H2,1-4H3,(H2,18,19);1H. The third kappa shape index (κ3) is 6.42. The van der Waals surface area contributed by atoms with Crippen LogP contribution in [-0.2, 0) is 6.42 Å². The van der Waals surface area contributed by atoms with Gasteiger partial charge in [0.05, 0.1) is 0 Å². The molecule has 0 saturated carbocycles. The van der Waals surface area contributed by atoms with Gasteiger partial charge in [-0.15, -0.1) is 12.4 Å². The topological polar surface area (TPSA) is 38.4 Å². The number of nitrogens with two attached hydrogens (primary N) is 1. The van der Waals surface area contributed by atoms with Gasteiger partial charge in [-0.1, -0.05) is 58.4 Å². The minimum Gasteiger partial charge on any atom is -0.387 e. The molecule has 0 aliphatic carbocycles. The van der Waals surface area contributed by atoms with E-state index in [0.717, 1.165) is 31.6 Å². The highest BCUT2D eigenvalue weighted by Gasteiger charge is 2.09. The summed E-state index contributed by atoms with van der Waals surface area (Å²) in [5.41, 5.74) is 8.71. The Hall–Kier alpha value is -1.02. The molecule has 0 spiro atoms. The summed E-state index contributed by atoms with van der Waals surface area (Å²) in [7, 11) is 0. The van der Waals surface area contributed by atoms with E-state index in [4.69, 9.17) is 5.73 Å². The fourth-order valence-corrected chi connectivity index (χ4v) is 2.09. The molecule has 3 heteroatoms. The van der Waals surface area contributed by atoms with Crippen LogP contribution in [0.15, 0.2) is 29.3 Å². The van der Waals surface area contributed by atoms with E-state index in [1.165, 1.54) is 11.1 Å². The zero-order valence-electron chi connectivity index (χ0n) is 13.2. The first-order valence-electron chi connectivity index (χ1n) is 7.43. The van der Waals surface area contributed by atoms with Crippen LogP contribution in [0.1, 0.15) is 57.6 Å². The predicted molar refractivity (Wildman–Crippen MR) is 92.0 cm³/mol. The lowest BCUT2D eigenvalue weighted by Crippen LogP contribution is -2.20. The summed E-state index contributed by atoms with van der Waals surface area (Å²) in [5.74, 6) is 1.67. The van der Waals surface area contributed by atoms with Crippen molar-refractivity contribution in [1.29, 1.82) is 0 Å². The summed E-state index contributed by atoms with van der Waals surface area (Å²) in [4.78, 5) is 4.46. The fraction of sp³-hybridized carbons (Fsp3) is 0.588. The first-order valence-corrected chi connectivity index (χ1v) is 7.43. The van der Waals surface area contributed by atoms with E-state index in [2.05, 4.69) is 57.0 Å². The van der Waals surface area contributed by atoms with Crippen LogP contribution in [0.5, 0.6) is 0 Å². The molecule has 20 heavy (non-hydrogen) atoms. The second-order valence-corrected chi connectivity index (χ2v) is 5.72. The molecule has 1 aromatic carbocycles. The largest absolute Gasteiger partial charge is 0.387 e. The Labute approximate surface area is 130 Å². The number of hydrogen-bond donors (Lipinski definition) is 1. The van der Waals surface area contributed by atoms with E-state index in [0.29, 0.717) is 5.92 Å². The van der Waals surface area contributed by atoms with Gasteiger partial charge in [0.15, 0.2) is 0 Å². The maximum absolute atomic E-state index is 6.06. The maximum Gasteiger partial charge on any atom is 0.101 e. The molecule has 1 rings (SSSR count). The van der Waals surface area contributed by atoms with Gasteiger partial charge in [-0.25, -0.2) is 0 Å². The van der Waals surface area contributed by atoms with Gasteiger partial charge in [0.2, 0.25) is 0 Å². The van der Waals surface area contributed by atoms with Crippen LogP contribution in [0.2, 0.25) is 0 Å². The first kappa shape index (κ1) is 19.0. The molecule has 1 aromatic rings. The number of benzene rings is 1. The molecule has 1 unspecified atom stereocenters. The van der Waals surface area contributed by atoms with E-state index < -0.39 is 0 Å². The van der Waals surface area contributed by atoms with Gasteiger partial charge in [-0.2, -0.15) is 0 Å². The van der Waals surface area contributed by atoms with Gasteiger partial charge in [0.25, 0.3) is 0 Å². The Morgan fingerprint density at radius 1 is 1.15 bits per heavy atom. The van der Waals surface area contributed by atoms with Gasteiger partial charge < -0.3 is 5.73 Å². The molecular weight excluding hydrogens is 268 g/mol. The Balaban J connectivity index is 0.00000361. The summed E-state index contributed by atoms with van der Waals surface area (Å²) < 4.78 is 0. The zero-order valence-corrected chi connectivity index (χ0v) is 14.0. The van der Waals surface area contributed by atoms with Crippen LogP contribution >= 0.6 is 12.4 Å². The summed E-state index contributed by atoms with van der Waals surface area (Å²) >= 11 is 0. The molecular formula is C17H29ClN2. The van der Waals surface area contributed by atoms with Gasteiger partial charge in [-0.05, 0) is 29.9 Å². The van der Waals surface area contributed by atoms with Gasteiger partial charge in [-0.3, -0.25) is 4.99 Å². The molecule has 0 aliphatic rings. The highest BCUT2D eigenvalue weighted by atomic mass is 35.5. The Kier molecular flexibility index (Phi) is 9.32. The monoisotopic (exact) mass is 296 g/mol. The predicted octanol–water partition coefficient (Wildman–Crippen LogP) is 4.57. The lowest BCUT2D eigenvalue weighted by Gasteiger charge is -2.13. The normalized spacial score (nSPS) is 13.2. The van der Waals surface area contributed by atoms with Crippen LogP contribution in [0, 0.1) is 5.92 Å². The number of hydrogen-bond acceptors (Lipinski definition) is 1. The van der Waals surface area contributed by atoms with Crippen molar-refractivity contribution in [1.82, 2.24) is 0 Å². The van der Waals surface area contributed by atoms with E-state index >= 15 is 0 Å². The van der Waals surface area contributed by atoms with Crippen molar-refractivity contribution in [3.63, 3.8) is 0 Å². The molecule has 0 aromatic heterocycles. The number of nitrogens with zero attached hydrogens (tertiary/aromatic N) is 1. The highest BCUT2D eigenvalue weighted by molar-refractivity contribution is 5.87. The Morgan fingerprint density at radius 3 is 2.25 bits per heavy atom. The average molecular weight is 297 g/mol. The quantitative estimate of drug-likeness (QED) is 0.447. The van der Waals surface area contributed by atoms with Crippen molar-refractivity contribution in [3.8, 4) is 0 Å². The second-order valence-electron chi connectivity index (χ2n) is 5.72. The highest BCUT2D eigenvalue weighted by Crippen LogP contribution is 2.17. The molecule has 2 nitrogen and oxygen atoms in total. The number of aliphatic imine (C=N–C) groups is 1. The lowest BCUT2D eigenvalue weighted by molar-refractivity contribution is 0.647. The summed E-state index contributed by atoms with van der Waals surface area (Å²) in [6.45, 7) is 9.63. The van der Waals surface area contributed by atoms with Crippen LogP contribution in [0.4, 0.5) is 0 Å². The first-order chi connectivity index (χ1) is 9.04. The molecule has 0 heterocycles. The molecule has 0 fully saturated rings. The third-order valence-electron chi connectivity index (χ3n) is 3.37. The van der Waals surface area contributed by atoms with Crippen molar-refractivity contribution in [3.05, 3.63) is 35.4 Å². The Bertz CT molecular complexity index is 396. The molecule has 0 saturated heterocycles. The van der Waals surface area contributed by atoms with Crippen LogP contribution in [0.3, 0.4) is 0 Å². The lowest BCUT2D eigenvalue weighted by atomic mass is 9.96. The number of halogens is 1. The van der Waals surface area contributed by atoms with Gasteiger partial charge >= 0.3 is 0 Å². The van der Waals surface area contributed by atoms with Crippen molar-refractivity contribution in [2.24, 2.45) is 16.6 Å². The molecule has 2 N–H and O–H groups in total. The van der Waals surface area contributed by atoms with E-state index in [-0.39, 0.29) is 18.3 Å². The van der Waals surface area contributed by atoms with E-state index in [9.17, 15) is 0 Å². The van der Waals surface area contributed by atoms with Crippen molar-refractivity contribution in [2.45, 2.75) is 52.9 Å². The van der Waals surface area contributed by atoms with Crippen molar-refractivity contribution in [2.75, 3.05) is 6.54 Å². The van der Waals surface area contributed by atoms with Gasteiger partial charge in [0.1, 0.15) is 5.84 Å². The molecule has 114 valence electrons. The third-order valence-corrected chi connectivity index (χ3v) is 3.37. The number of amidine groups is 1. The smallest absolute Gasteiger partial charge is 0.101 e. The average Bonchev–Trinajstić information content (AvgIpc) is 2.38. The van der Waals surface area contributed by atoms with E-state index in [1.807, 2.05) is 0 Å². The maximum atomic E-state index is 6.06. The summed E-state index contributed by atoms with van der Waals surface area (Å²) in [5, 5.41) is 0. The number of rotatable bonds is 7. The molecule has 1 atom stereocenters. The molecule has 0 bridgehead atoms. The zero-order chi connectivity index (χ0) is 14.3. The van der Waals surface area contributed by atoms with Crippen molar-refractivity contribution < 1.29 is 0 Å². The SMILES string of the molecule is CCCCN=C(N)C(C)c1ccc(CC(C)C)cc1.Cl. The van der Waals surface area contributed by atoms with Crippen molar-refractivity contribution >= 4 is 18.2 Å². The van der Waals surface area contributed by atoms with E-state index in [1.54, 1.807) is 0 Å². The van der Waals surface area contributed by atoms with Crippen LogP contribution < -0.4 is 5.73 Å². The van der Waals surface area contributed by atoms with Crippen LogP contribution in [0.25, 0.3) is 0 Å². The molecule has 0 radical (unpaired) electrons. The summed E-state index contributed by atoms with van der Waals surface area (Å²) in [6, 6.07) is 8.80. The van der Waals surface area contributed by atoms with Gasteiger partial charge in [0, 0.05) is 12.5 Å². The Morgan fingerprint density at radius 2 is 1.75 bits per heavy atom.